The molecular formula is C17H26N2O2. The van der Waals surface area contributed by atoms with Crippen LogP contribution in [0.15, 0.2) is 0 Å². The maximum absolute atomic E-state index is 13.2. The number of rotatable bonds is 2. The van der Waals surface area contributed by atoms with Gasteiger partial charge in [-0.3, -0.25) is 9.59 Å². The second-order valence-electron chi connectivity index (χ2n) is 7.66. The summed E-state index contributed by atoms with van der Waals surface area (Å²) in [5, 5.41) is 3.11. The van der Waals surface area contributed by atoms with Crippen LogP contribution >= 0.6 is 0 Å². The molecular weight excluding hydrogens is 264 g/mol. The van der Waals surface area contributed by atoms with Gasteiger partial charge in [-0.25, -0.2) is 0 Å². The molecule has 4 heteroatoms. The Morgan fingerprint density at radius 1 is 1.19 bits per heavy atom. The Morgan fingerprint density at radius 3 is 2.52 bits per heavy atom. The van der Waals surface area contributed by atoms with Gasteiger partial charge in [-0.05, 0) is 50.4 Å². The van der Waals surface area contributed by atoms with Gasteiger partial charge in [0.1, 0.15) is 11.6 Å². The number of carbonyl (C=O) groups is 2. The highest BCUT2D eigenvalue weighted by Gasteiger charge is 2.56. The van der Waals surface area contributed by atoms with Gasteiger partial charge in [0, 0.05) is 6.04 Å². The van der Waals surface area contributed by atoms with Gasteiger partial charge in [-0.2, -0.15) is 0 Å². The van der Waals surface area contributed by atoms with Gasteiger partial charge < -0.3 is 10.2 Å². The van der Waals surface area contributed by atoms with Crippen molar-refractivity contribution in [2.75, 3.05) is 0 Å². The summed E-state index contributed by atoms with van der Waals surface area (Å²) in [6, 6.07) is 0.109. The number of amides is 2. The minimum Gasteiger partial charge on any atom is -0.340 e. The van der Waals surface area contributed by atoms with Crippen molar-refractivity contribution in [2.24, 2.45) is 11.8 Å². The van der Waals surface area contributed by atoms with Gasteiger partial charge in [-0.1, -0.05) is 26.2 Å². The van der Waals surface area contributed by atoms with E-state index in [4.69, 9.17) is 0 Å². The third-order valence-electron chi connectivity index (χ3n) is 6.55. The Bertz CT molecular complexity index is 469. The summed E-state index contributed by atoms with van der Waals surface area (Å²) in [6.45, 7) is 2.03. The highest BCUT2D eigenvalue weighted by atomic mass is 16.2. The molecule has 3 saturated carbocycles. The first-order chi connectivity index (χ1) is 10.1. The van der Waals surface area contributed by atoms with Crippen molar-refractivity contribution in [3.05, 3.63) is 0 Å². The Kier molecular flexibility index (Phi) is 3.05. The molecule has 21 heavy (non-hydrogen) atoms. The maximum Gasteiger partial charge on any atom is 0.249 e. The summed E-state index contributed by atoms with van der Waals surface area (Å²) in [5.74, 6) is 1.79. The summed E-state index contributed by atoms with van der Waals surface area (Å²) in [5.41, 5.74) is -0.551. The second kappa shape index (κ2) is 4.72. The van der Waals surface area contributed by atoms with Crippen LogP contribution in [0.2, 0.25) is 0 Å². The van der Waals surface area contributed by atoms with Crippen LogP contribution in [-0.4, -0.2) is 34.3 Å². The van der Waals surface area contributed by atoms with Crippen molar-refractivity contribution < 1.29 is 9.59 Å². The molecule has 0 aromatic heterocycles. The van der Waals surface area contributed by atoms with E-state index in [1.807, 2.05) is 11.8 Å². The molecule has 0 aromatic rings. The largest absolute Gasteiger partial charge is 0.340 e. The molecule has 4 fully saturated rings. The molecule has 116 valence electrons. The van der Waals surface area contributed by atoms with Crippen LogP contribution in [0.3, 0.4) is 0 Å². The molecule has 2 amide bonds. The first kappa shape index (κ1) is 13.6. The van der Waals surface area contributed by atoms with Crippen LogP contribution in [0.5, 0.6) is 0 Å². The standard InChI is InChI=1S/C17H26N2O2/c1-2-13-15(20)18-17(7-3-4-8-17)16(21)19(13)14-10-11-5-6-12(14)9-11/h11-14H,2-10H2,1H3,(H,18,20). The van der Waals surface area contributed by atoms with Gasteiger partial charge in [0.15, 0.2) is 0 Å². The molecule has 2 bridgehead atoms. The quantitative estimate of drug-likeness (QED) is 0.848. The molecule has 1 N–H and O–H groups in total. The minimum absolute atomic E-state index is 0.0989. The molecule has 4 unspecified atom stereocenters. The van der Waals surface area contributed by atoms with Gasteiger partial charge in [0.05, 0.1) is 0 Å². The minimum atomic E-state index is -0.551. The Hall–Kier alpha value is -1.06. The number of hydrogen-bond acceptors (Lipinski definition) is 2. The van der Waals surface area contributed by atoms with Gasteiger partial charge >= 0.3 is 0 Å². The van der Waals surface area contributed by atoms with Gasteiger partial charge in [-0.15, -0.1) is 0 Å². The van der Waals surface area contributed by atoms with Crippen LogP contribution in [0.1, 0.15) is 64.7 Å². The van der Waals surface area contributed by atoms with E-state index >= 15 is 0 Å². The SMILES string of the molecule is CCC1C(=O)NC2(CCCC2)C(=O)N1C1CC2CCC1C2. The molecule has 4 nitrogen and oxygen atoms in total. The van der Waals surface area contributed by atoms with E-state index in [0.29, 0.717) is 12.0 Å². The van der Waals surface area contributed by atoms with E-state index < -0.39 is 5.54 Å². The monoisotopic (exact) mass is 290 g/mol. The average molecular weight is 290 g/mol. The lowest BCUT2D eigenvalue weighted by atomic mass is 9.85. The molecule has 3 aliphatic carbocycles. The topological polar surface area (TPSA) is 49.4 Å². The Balaban J connectivity index is 1.67. The number of piperazine rings is 1. The number of nitrogens with one attached hydrogen (secondary N) is 1. The van der Waals surface area contributed by atoms with Crippen molar-refractivity contribution >= 4 is 11.8 Å². The fourth-order valence-corrected chi connectivity index (χ4v) is 5.52. The predicted molar refractivity (Wildman–Crippen MR) is 79.5 cm³/mol. The zero-order valence-corrected chi connectivity index (χ0v) is 12.9. The molecule has 4 atom stereocenters. The highest BCUT2D eigenvalue weighted by molar-refractivity contribution is 6.00. The lowest BCUT2D eigenvalue weighted by molar-refractivity contribution is -0.159. The molecule has 0 radical (unpaired) electrons. The predicted octanol–water partition coefficient (Wildman–Crippen LogP) is 2.22. The number of fused-ring (bicyclic) bond motifs is 2. The average Bonchev–Trinajstić information content (AvgIpc) is 3.19. The summed E-state index contributed by atoms with van der Waals surface area (Å²) in [6.07, 6.45) is 9.54. The fraction of sp³-hybridized carbons (Fsp3) is 0.882. The van der Waals surface area contributed by atoms with Crippen molar-refractivity contribution in [3.63, 3.8) is 0 Å². The first-order valence-electron chi connectivity index (χ1n) is 8.79. The van der Waals surface area contributed by atoms with Crippen molar-refractivity contribution in [1.82, 2.24) is 10.2 Å². The van der Waals surface area contributed by atoms with E-state index in [-0.39, 0.29) is 17.9 Å². The van der Waals surface area contributed by atoms with E-state index in [0.717, 1.165) is 44.4 Å². The number of nitrogens with zero attached hydrogens (tertiary/aromatic N) is 1. The highest BCUT2D eigenvalue weighted by Crippen LogP contribution is 2.49. The lowest BCUT2D eigenvalue weighted by Gasteiger charge is -2.48. The smallest absolute Gasteiger partial charge is 0.249 e. The normalized spacial score (nSPS) is 41.1. The molecule has 1 heterocycles. The molecule has 1 saturated heterocycles. The number of hydrogen-bond donors (Lipinski definition) is 1. The van der Waals surface area contributed by atoms with Crippen molar-refractivity contribution in [3.8, 4) is 0 Å². The third-order valence-corrected chi connectivity index (χ3v) is 6.55. The molecule has 4 aliphatic rings. The van der Waals surface area contributed by atoms with E-state index in [1.54, 1.807) is 0 Å². The molecule has 1 aliphatic heterocycles. The van der Waals surface area contributed by atoms with E-state index in [2.05, 4.69) is 5.32 Å². The Morgan fingerprint density at radius 2 is 1.95 bits per heavy atom. The fourth-order valence-electron chi connectivity index (χ4n) is 5.52. The first-order valence-corrected chi connectivity index (χ1v) is 8.79. The molecule has 0 aromatic carbocycles. The summed E-state index contributed by atoms with van der Waals surface area (Å²) >= 11 is 0. The van der Waals surface area contributed by atoms with Gasteiger partial charge in [0.25, 0.3) is 0 Å². The van der Waals surface area contributed by atoms with Crippen molar-refractivity contribution in [2.45, 2.75) is 82.3 Å². The summed E-state index contributed by atoms with van der Waals surface area (Å²) < 4.78 is 0. The van der Waals surface area contributed by atoms with Crippen LogP contribution in [-0.2, 0) is 9.59 Å². The van der Waals surface area contributed by atoms with Crippen LogP contribution in [0.4, 0.5) is 0 Å². The zero-order valence-electron chi connectivity index (χ0n) is 12.9. The van der Waals surface area contributed by atoms with Crippen LogP contribution in [0, 0.1) is 11.8 Å². The Labute approximate surface area is 126 Å². The van der Waals surface area contributed by atoms with E-state index in [1.165, 1.54) is 19.3 Å². The third kappa shape index (κ3) is 1.87. The lowest BCUT2D eigenvalue weighted by Crippen LogP contribution is -2.71. The van der Waals surface area contributed by atoms with Crippen LogP contribution in [0.25, 0.3) is 0 Å². The van der Waals surface area contributed by atoms with E-state index in [9.17, 15) is 9.59 Å². The van der Waals surface area contributed by atoms with Crippen LogP contribution < -0.4 is 5.32 Å². The summed E-state index contributed by atoms with van der Waals surface area (Å²) in [4.78, 5) is 27.9. The maximum atomic E-state index is 13.2. The molecule has 4 rings (SSSR count). The van der Waals surface area contributed by atoms with Crippen molar-refractivity contribution in [1.29, 1.82) is 0 Å². The summed E-state index contributed by atoms with van der Waals surface area (Å²) in [7, 11) is 0. The number of carbonyl (C=O) groups excluding carboxylic acids is 2. The van der Waals surface area contributed by atoms with Gasteiger partial charge in [0.2, 0.25) is 11.8 Å². The second-order valence-corrected chi connectivity index (χ2v) is 7.66. The molecule has 1 spiro atoms. The zero-order chi connectivity index (χ0) is 14.6.